The first kappa shape index (κ1) is 36.8. The van der Waals surface area contributed by atoms with Crippen LogP contribution in [0.15, 0.2) is 187 Å². The lowest BCUT2D eigenvalue weighted by Gasteiger charge is -2.46. The zero-order valence-corrected chi connectivity index (χ0v) is 36.3. The van der Waals surface area contributed by atoms with Gasteiger partial charge in [0.2, 0.25) is 0 Å². The molecule has 0 saturated carbocycles. The molecule has 2 heterocycles. The Hall–Kier alpha value is -6.64. The average Bonchev–Trinajstić information content (AvgIpc) is 3.88. The van der Waals surface area contributed by atoms with E-state index in [0.29, 0.717) is 29.7 Å². The molecule has 2 heteroatoms. The Balaban J connectivity index is 0.851. The summed E-state index contributed by atoms with van der Waals surface area (Å²) < 4.78 is 2.71. The Kier molecular flexibility index (Phi) is 8.31. The number of rotatable bonds is 4. The molecule has 8 aliphatic carbocycles. The van der Waals surface area contributed by atoms with Gasteiger partial charge in [-0.3, -0.25) is 0 Å². The summed E-state index contributed by atoms with van der Waals surface area (Å²) in [5, 5.41) is 0. The predicted molar refractivity (Wildman–Crippen MR) is 267 cm³/mol. The molecular weight excluding hydrogens is 773 g/mol. The van der Waals surface area contributed by atoms with Gasteiger partial charge >= 0.3 is 0 Å². The van der Waals surface area contributed by atoms with Crippen molar-refractivity contribution in [1.82, 2.24) is 4.57 Å². The van der Waals surface area contributed by atoms with Gasteiger partial charge in [-0.2, -0.15) is 0 Å². The summed E-state index contributed by atoms with van der Waals surface area (Å²) in [6.07, 6.45) is 43.4. The van der Waals surface area contributed by atoms with Crippen LogP contribution in [0.2, 0.25) is 0 Å². The maximum atomic E-state index is 2.71. The quantitative estimate of drug-likeness (QED) is 0.164. The number of anilines is 2. The molecule has 0 spiro atoms. The van der Waals surface area contributed by atoms with Gasteiger partial charge in [0.25, 0.3) is 0 Å². The molecule has 2 nitrogen and oxygen atoms in total. The molecule has 1 aliphatic heterocycles. The van der Waals surface area contributed by atoms with Crippen molar-refractivity contribution in [2.75, 3.05) is 4.90 Å². The number of para-hydroxylation sites is 1. The van der Waals surface area contributed by atoms with Crippen LogP contribution < -0.4 is 4.90 Å². The summed E-state index contributed by atoms with van der Waals surface area (Å²) in [5.74, 6) is 1.94. The molecule has 0 saturated heterocycles. The minimum atomic E-state index is 0.282. The molecule has 0 bridgehead atoms. The largest absolute Gasteiger partial charge is 0.333 e. The van der Waals surface area contributed by atoms with Gasteiger partial charge in [-0.15, -0.1) is 0 Å². The Bertz CT molecular complexity index is 3140. The van der Waals surface area contributed by atoms with E-state index in [9.17, 15) is 0 Å². The molecule has 9 aliphatic rings. The van der Waals surface area contributed by atoms with E-state index in [4.69, 9.17) is 0 Å². The molecular formula is C62H52N2. The van der Waals surface area contributed by atoms with Crippen LogP contribution in [0.3, 0.4) is 0 Å². The molecule has 4 aromatic carbocycles. The molecule has 64 heavy (non-hydrogen) atoms. The SMILES string of the molecule is C1=CCCC(c2ccc(N3c4ccccc4C4=CC(C5C=Cc6c(c7c(n6C6=CC8c9ccccc9-c9ccccc9C8C8=C6C=CC6C=CCCC86)C=CCC7)C5)=CCC43)cc2)=C1. The molecule has 310 valence electrons. The topological polar surface area (TPSA) is 8.17 Å². The van der Waals surface area contributed by atoms with Crippen molar-refractivity contribution in [3.63, 3.8) is 0 Å². The van der Waals surface area contributed by atoms with Crippen LogP contribution >= 0.6 is 0 Å². The highest BCUT2D eigenvalue weighted by Crippen LogP contribution is 2.60. The highest BCUT2D eigenvalue weighted by atomic mass is 15.2. The van der Waals surface area contributed by atoms with Crippen molar-refractivity contribution < 1.29 is 0 Å². The van der Waals surface area contributed by atoms with Gasteiger partial charge in [-0.25, -0.2) is 0 Å². The molecule has 6 atom stereocenters. The van der Waals surface area contributed by atoms with Gasteiger partial charge in [0.05, 0.1) is 11.7 Å². The Morgan fingerprint density at radius 2 is 1.44 bits per heavy atom. The van der Waals surface area contributed by atoms with Gasteiger partial charge in [-0.05, 0) is 154 Å². The zero-order chi connectivity index (χ0) is 41.9. The highest BCUT2D eigenvalue weighted by molar-refractivity contribution is 5.94. The second-order valence-electron chi connectivity index (χ2n) is 19.5. The van der Waals surface area contributed by atoms with Crippen LogP contribution in [-0.2, 0) is 12.8 Å². The summed E-state index contributed by atoms with van der Waals surface area (Å²) in [5.41, 5.74) is 26.0. The Morgan fingerprint density at radius 3 is 2.31 bits per heavy atom. The predicted octanol–water partition coefficient (Wildman–Crippen LogP) is 15.2. The average molecular weight is 825 g/mol. The molecule has 0 radical (unpaired) electrons. The molecule has 0 fully saturated rings. The standard InChI is InChI=1S/C62H52N2/c1-2-14-39(15-3-1)40-26-31-44(32-27-40)63-56-24-12-10-21-49(56)53-36-42(29-34-58(53)63)43-30-35-59-54(37-43)50-22-11-13-25-57(50)64(59)60-38-55-48-20-7-6-18-46(48)47-19-8-9-23-51(47)62(55)61-45-17-5-4-16-41(45)28-33-52(60)61/h1-2,4,6-10,12-14,16,18-21,23-33,35-36,38,41,43,45,55,58,62H,3,5,11,15,17,22,34,37H2. The Morgan fingerprint density at radius 1 is 0.641 bits per heavy atom. The number of allylic oxidation sites excluding steroid dienone is 16. The van der Waals surface area contributed by atoms with Gasteiger partial charge in [0, 0.05) is 52.0 Å². The summed E-state index contributed by atoms with van der Waals surface area (Å²) in [6, 6.07) is 37.4. The van der Waals surface area contributed by atoms with E-state index in [1.165, 1.54) is 90.6 Å². The molecule has 14 rings (SSSR count). The van der Waals surface area contributed by atoms with E-state index in [0.717, 1.165) is 44.9 Å². The smallest absolute Gasteiger partial charge is 0.0633 e. The minimum absolute atomic E-state index is 0.282. The van der Waals surface area contributed by atoms with Crippen molar-refractivity contribution in [3.8, 4) is 11.1 Å². The van der Waals surface area contributed by atoms with E-state index in [1.54, 1.807) is 16.7 Å². The number of aromatic nitrogens is 1. The number of benzene rings is 4. The fourth-order valence-corrected chi connectivity index (χ4v) is 13.5. The number of hydrogen-bond donors (Lipinski definition) is 0. The van der Waals surface area contributed by atoms with E-state index in [1.807, 2.05) is 0 Å². The van der Waals surface area contributed by atoms with E-state index < -0.39 is 0 Å². The van der Waals surface area contributed by atoms with E-state index in [-0.39, 0.29) is 5.92 Å². The number of hydrogen-bond acceptors (Lipinski definition) is 1. The Labute approximate surface area is 377 Å². The molecule has 5 aromatic rings. The van der Waals surface area contributed by atoms with Crippen molar-refractivity contribution in [2.24, 2.45) is 17.8 Å². The summed E-state index contributed by atoms with van der Waals surface area (Å²) in [7, 11) is 0. The van der Waals surface area contributed by atoms with Crippen LogP contribution in [0.4, 0.5) is 11.4 Å². The van der Waals surface area contributed by atoms with Crippen molar-refractivity contribution in [2.45, 2.75) is 69.2 Å². The van der Waals surface area contributed by atoms with E-state index in [2.05, 4.69) is 192 Å². The van der Waals surface area contributed by atoms with Crippen LogP contribution in [0.25, 0.3) is 40.1 Å². The number of fused-ring (bicyclic) bond motifs is 15. The lowest BCUT2D eigenvalue weighted by Crippen LogP contribution is -2.32. The zero-order valence-electron chi connectivity index (χ0n) is 36.3. The maximum absolute atomic E-state index is 2.71. The first-order chi connectivity index (χ1) is 31.8. The van der Waals surface area contributed by atoms with Crippen molar-refractivity contribution >= 4 is 40.4 Å². The van der Waals surface area contributed by atoms with Crippen LogP contribution in [0, 0.1) is 17.8 Å². The van der Waals surface area contributed by atoms with Crippen LogP contribution in [0.1, 0.15) is 95.1 Å². The van der Waals surface area contributed by atoms with Crippen LogP contribution in [0.5, 0.6) is 0 Å². The van der Waals surface area contributed by atoms with Gasteiger partial charge < -0.3 is 9.47 Å². The third-order valence-corrected chi connectivity index (χ3v) is 16.3. The maximum Gasteiger partial charge on any atom is 0.0633 e. The second-order valence-corrected chi connectivity index (χ2v) is 19.5. The van der Waals surface area contributed by atoms with Crippen LogP contribution in [-0.4, -0.2) is 10.6 Å². The first-order valence-electron chi connectivity index (χ1n) is 24.1. The monoisotopic (exact) mass is 824 g/mol. The molecule has 0 N–H and O–H groups in total. The van der Waals surface area contributed by atoms with Gasteiger partial charge in [-0.1, -0.05) is 152 Å². The lowest BCUT2D eigenvalue weighted by atomic mass is 9.59. The molecule has 6 unspecified atom stereocenters. The molecule has 0 amide bonds. The highest BCUT2D eigenvalue weighted by Gasteiger charge is 2.45. The number of nitrogens with zero attached hydrogens (tertiary/aromatic N) is 2. The first-order valence-corrected chi connectivity index (χ1v) is 24.1. The third kappa shape index (κ3) is 5.44. The molecule has 1 aromatic heterocycles. The minimum Gasteiger partial charge on any atom is -0.333 e. The lowest BCUT2D eigenvalue weighted by molar-refractivity contribution is 0.423. The fraction of sp³-hybridized carbons (Fsp3) is 0.226. The van der Waals surface area contributed by atoms with Crippen molar-refractivity contribution in [3.05, 3.63) is 231 Å². The normalized spacial score (nSPS) is 26.2. The summed E-state index contributed by atoms with van der Waals surface area (Å²) >= 11 is 0. The fourth-order valence-electron chi connectivity index (χ4n) is 13.5. The van der Waals surface area contributed by atoms with Gasteiger partial charge in [0.15, 0.2) is 0 Å². The summed E-state index contributed by atoms with van der Waals surface area (Å²) in [4.78, 5) is 2.60. The summed E-state index contributed by atoms with van der Waals surface area (Å²) in [6.45, 7) is 0. The van der Waals surface area contributed by atoms with E-state index >= 15 is 0 Å². The van der Waals surface area contributed by atoms with Gasteiger partial charge in [0.1, 0.15) is 0 Å². The van der Waals surface area contributed by atoms with Crippen molar-refractivity contribution in [1.29, 1.82) is 0 Å². The second kappa shape index (κ2) is 14.4. The third-order valence-electron chi connectivity index (χ3n) is 16.3.